The van der Waals surface area contributed by atoms with E-state index in [0.717, 1.165) is 48.8 Å². The van der Waals surface area contributed by atoms with Crippen molar-refractivity contribution in [3.63, 3.8) is 0 Å². The summed E-state index contributed by atoms with van der Waals surface area (Å²) in [5.74, 6) is 0.0966. The molecule has 2 N–H and O–H groups in total. The summed E-state index contributed by atoms with van der Waals surface area (Å²) in [6.45, 7) is 15.6. The van der Waals surface area contributed by atoms with Crippen molar-refractivity contribution in [3.8, 4) is 0 Å². The molecular formula is C31H49N3O4. The molecule has 3 rings (SSSR count). The second-order valence-corrected chi connectivity index (χ2v) is 12.9. The summed E-state index contributed by atoms with van der Waals surface area (Å²) in [7, 11) is 0. The van der Waals surface area contributed by atoms with Crippen molar-refractivity contribution >= 4 is 17.9 Å². The van der Waals surface area contributed by atoms with Gasteiger partial charge in [0.2, 0.25) is 11.8 Å². The zero-order chi connectivity index (χ0) is 28.2. The van der Waals surface area contributed by atoms with E-state index < -0.39 is 23.8 Å². The van der Waals surface area contributed by atoms with Crippen LogP contribution in [0.1, 0.15) is 109 Å². The van der Waals surface area contributed by atoms with Gasteiger partial charge in [0.15, 0.2) is 0 Å². The topological polar surface area (TPSA) is 87.7 Å². The predicted molar refractivity (Wildman–Crippen MR) is 151 cm³/mol. The van der Waals surface area contributed by atoms with Crippen LogP contribution in [0, 0.1) is 25.7 Å². The largest absolute Gasteiger partial charge is 0.444 e. The minimum atomic E-state index is -0.783. The fourth-order valence-electron chi connectivity index (χ4n) is 5.39. The first-order valence-corrected chi connectivity index (χ1v) is 14.5. The van der Waals surface area contributed by atoms with E-state index in [9.17, 15) is 14.4 Å². The molecule has 7 heteroatoms. The highest BCUT2D eigenvalue weighted by molar-refractivity contribution is 5.92. The molecule has 212 valence electrons. The Morgan fingerprint density at radius 2 is 1.68 bits per heavy atom. The summed E-state index contributed by atoms with van der Waals surface area (Å²) in [6, 6.07) is 4.57. The maximum atomic E-state index is 14.3. The number of carbonyl (C=O) groups is 3. The molecule has 7 nitrogen and oxygen atoms in total. The van der Waals surface area contributed by atoms with E-state index in [4.69, 9.17) is 4.74 Å². The van der Waals surface area contributed by atoms with Crippen molar-refractivity contribution in [2.75, 3.05) is 0 Å². The molecule has 0 bridgehead atoms. The van der Waals surface area contributed by atoms with Gasteiger partial charge in [0.05, 0.1) is 0 Å². The number of aryl methyl sites for hydroxylation is 2. The smallest absolute Gasteiger partial charge is 0.408 e. The molecule has 0 aromatic heterocycles. The van der Waals surface area contributed by atoms with Crippen molar-refractivity contribution < 1.29 is 19.1 Å². The summed E-state index contributed by atoms with van der Waals surface area (Å²) in [4.78, 5) is 42.9. The fraction of sp³-hybridized carbons (Fsp3) is 0.710. The van der Waals surface area contributed by atoms with Gasteiger partial charge in [0.1, 0.15) is 17.7 Å². The number of rotatable bonds is 9. The minimum Gasteiger partial charge on any atom is -0.444 e. The van der Waals surface area contributed by atoms with Crippen LogP contribution in [0.25, 0.3) is 0 Å². The number of hydrogen-bond acceptors (Lipinski definition) is 4. The number of alkyl carbamates (subject to hydrolysis) is 1. The number of nitrogens with one attached hydrogen (secondary N) is 2. The van der Waals surface area contributed by atoms with E-state index in [-0.39, 0.29) is 35.7 Å². The van der Waals surface area contributed by atoms with Gasteiger partial charge in [-0.25, -0.2) is 4.79 Å². The zero-order valence-electron chi connectivity index (χ0n) is 24.7. The summed E-state index contributed by atoms with van der Waals surface area (Å²) < 4.78 is 5.50. The standard InChI is InChI=1S/C31H49N3O4/c1-19(2)16-25(33-30(37)38-31(6,7)8)29(36)34(26-18-22(26)5)27(23-15-14-20(3)21(4)17-23)28(35)32-24-12-10-9-11-13-24/h14-15,17,19,22,24-27H,9-13,16,18H2,1-8H3,(H,32,35)(H,33,37). The van der Waals surface area contributed by atoms with Gasteiger partial charge < -0.3 is 20.3 Å². The first kappa shape index (κ1) is 30.0. The van der Waals surface area contributed by atoms with Gasteiger partial charge in [-0.2, -0.15) is 0 Å². The molecule has 1 aromatic rings. The summed E-state index contributed by atoms with van der Waals surface area (Å²) in [5, 5.41) is 6.14. The Balaban J connectivity index is 1.99. The lowest BCUT2D eigenvalue weighted by atomic mass is 9.93. The van der Waals surface area contributed by atoms with Crippen LogP contribution >= 0.6 is 0 Å². The number of nitrogens with zero attached hydrogens (tertiary/aromatic N) is 1. The van der Waals surface area contributed by atoms with E-state index in [1.165, 1.54) is 6.42 Å². The van der Waals surface area contributed by atoms with Gasteiger partial charge in [0, 0.05) is 12.1 Å². The third-order valence-corrected chi connectivity index (χ3v) is 7.70. The number of carbonyl (C=O) groups excluding carboxylic acids is 3. The van der Waals surface area contributed by atoms with Crippen LogP contribution in [0.2, 0.25) is 0 Å². The van der Waals surface area contributed by atoms with Crippen molar-refractivity contribution in [1.29, 1.82) is 0 Å². The second kappa shape index (κ2) is 12.5. The second-order valence-electron chi connectivity index (χ2n) is 12.9. The summed E-state index contributed by atoms with van der Waals surface area (Å²) in [5.41, 5.74) is 2.36. The molecule has 2 aliphatic rings. The molecule has 2 saturated carbocycles. The number of benzene rings is 1. The van der Waals surface area contributed by atoms with Crippen molar-refractivity contribution in [2.45, 2.75) is 130 Å². The van der Waals surface area contributed by atoms with Crippen molar-refractivity contribution in [3.05, 3.63) is 34.9 Å². The third kappa shape index (κ3) is 8.21. The lowest BCUT2D eigenvalue weighted by molar-refractivity contribution is -0.144. The van der Waals surface area contributed by atoms with Crippen LogP contribution < -0.4 is 10.6 Å². The SMILES string of the molecule is Cc1ccc(C(C(=O)NC2CCCCC2)N(C(=O)C(CC(C)C)NC(=O)OC(C)(C)C)C2CC2C)cc1C. The van der Waals surface area contributed by atoms with Crippen LogP contribution in [-0.4, -0.2) is 46.5 Å². The average Bonchev–Trinajstić information content (AvgIpc) is 3.53. The van der Waals surface area contributed by atoms with Gasteiger partial charge in [-0.1, -0.05) is 58.2 Å². The number of hydrogen-bond donors (Lipinski definition) is 2. The first-order valence-electron chi connectivity index (χ1n) is 14.5. The molecule has 4 unspecified atom stereocenters. The predicted octanol–water partition coefficient (Wildman–Crippen LogP) is 5.97. The Bertz CT molecular complexity index is 993. The van der Waals surface area contributed by atoms with Crippen molar-refractivity contribution in [2.24, 2.45) is 11.8 Å². The quantitative estimate of drug-likeness (QED) is 0.414. The Kier molecular flexibility index (Phi) is 9.88. The Hall–Kier alpha value is -2.57. The van der Waals surface area contributed by atoms with Gasteiger partial charge >= 0.3 is 6.09 Å². The van der Waals surface area contributed by atoms with E-state index >= 15 is 0 Å². The van der Waals surface area contributed by atoms with Gasteiger partial charge in [0.25, 0.3) is 0 Å². The van der Waals surface area contributed by atoms with Gasteiger partial charge in [-0.3, -0.25) is 9.59 Å². The molecule has 2 aliphatic carbocycles. The minimum absolute atomic E-state index is 0.0543. The zero-order valence-corrected chi connectivity index (χ0v) is 24.7. The average molecular weight is 528 g/mol. The Labute approximate surface area is 229 Å². The van der Waals surface area contributed by atoms with E-state index in [2.05, 4.69) is 17.6 Å². The highest BCUT2D eigenvalue weighted by Crippen LogP contribution is 2.41. The van der Waals surface area contributed by atoms with E-state index in [0.29, 0.717) is 6.42 Å². The van der Waals surface area contributed by atoms with Gasteiger partial charge in [-0.15, -0.1) is 0 Å². The Morgan fingerprint density at radius 1 is 1.05 bits per heavy atom. The first-order chi connectivity index (χ1) is 17.8. The molecule has 3 amide bonds. The molecule has 0 radical (unpaired) electrons. The maximum absolute atomic E-state index is 14.3. The van der Waals surface area contributed by atoms with Crippen molar-refractivity contribution in [1.82, 2.24) is 15.5 Å². The van der Waals surface area contributed by atoms with E-state index in [1.807, 2.05) is 45.9 Å². The normalized spacial score (nSPS) is 21.4. The van der Waals surface area contributed by atoms with Crippen LogP contribution in [0.4, 0.5) is 4.79 Å². The fourth-order valence-corrected chi connectivity index (χ4v) is 5.39. The lowest BCUT2D eigenvalue weighted by Crippen LogP contribution is -2.55. The van der Waals surface area contributed by atoms with E-state index in [1.54, 1.807) is 25.7 Å². The lowest BCUT2D eigenvalue weighted by Gasteiger charge is -2.36. The third-order valence-electron chi connectivity index (χ3n) is 7.70. The molecule has 0 aliphatic heterocycles. The van der Waals surface area contributed by atoms with Gasteiger partial charge in [-0.05, 0) is 88.8 Å². The highest BCUT2D eigenvalue weighted by Gasteiger charge is 2.48. The number of ether oxygens (including phenoxy) is 1. The summed E-state index contributed by atoms with van der Waals surface area (Å²) >= 11 is 0. The van der Waals surface area contributed by atoms with Crippen LogP contribution in [0.5, 0.6) is 0 Å². The molecule has 0 heterocycles. The molecule has 4 atom stereocenters. The molecule has 0 saturated heterocycles. The Morgan fingerprint density at radius 3 is 2.21 bits per heavy atom. The van der Waals surface area contributed by atoms with Crippen LogP contribution in [0.15, 0.2) is 18.2 Å². The molecule has 1 aromatic carbocycles. The molecule has 2 fully saturated rings. The molecular weight excluding hydrogens is 478 g/mol. The highest BCUT2D eigenvalue weighted by atomic mass is 16.6. The monoisotopic (exact) mass is 527 g/mol. The number of amides is 3. The summed E-state index contributed by atoms with van der Waals surface area (Å²) in [6.07, 6.45) is 6.03. The maximum Gasteiger partial charge on any atom is 0.408 e. The molecule has 0 spiro atoms. The van der Waals surface area contributed by atoms with Crippen LogP contribution in [0.3, 0.4) is 0 Å². The molecule has 38 heavy (non-hydrogen) atoms. The van der Waals surface area contributed by atoms with Crippen LogP contribution in [-0.2, 0) is 14.3 Å².